The van der Waals surface area contributed by atoms with Gasteiger partial charge in [-0.25, -0.2) is 9.18 Å². The van der Waals surface area contributed by atoms with Gasteiger partial charge in [0, 0.05) is 29.1 Å². The van der Waals surface area contributed by atoms with Crippen molar-refractivity contribution in [3.8, 4) is 17.6 Å². The molecule has 0 aliphatic rings. The van der Waals surface area contributed by atoms with Gasteiger partial charge in [-0.05, 0) is 56.7 Å². The Morgan fingerprint density at radius 3 is 2.45 bits per heavy atom. The lowest BCUT2D eigenvalue weighted by molar-refractivity contribution is -0.207. The van der Waals surface area contributed by atoms with E-state index in [1.807, 2.05) is 0 Å². The summed E-state index contributed by atoms with van der Waals surface area (Å²) >= 11 is 1.10. The molecule has 0 heterocycles. The third-order valence-corrected chi connectivity index (χ3v) is 5.84. The minimum absolute atomic E-state index is 0.0900. The van der Waals surface area contributed by atoms with Crippen LogP contribution in [0.25, 0.3) is 0 Å². The maximum absolute atomic E-state index is 13.7. The summed E-state index contributed by atoms with van der Waals surface area (Å²) in [5, 5.41) is 18.3. The summed E-state index contributed by atoms with van der Waals surface area (Å²) in [5.41, 5.74) is -0.847. The molecular formula is C23H23F4NO4S. The molecule has 0 aromatic heterocycles. The first-order valence-electron chi connectivity index (χ1n) is 9.85. The molecule has 0 saturated carbocycles. The smallest absolute Gasteiger partial charge is 0.425 e. The van der Waals surface area contributed by atoms with Crippen molar-refractivity contribution in [2.75, 3.05) is 5.75 Å². The molecule has 2 aromatic rings. The molecule has 178 valence electrons. The minimum atomic E-state index is -4.77. The van der Waals surface area contributed by atoms with Gasteiger partial charge in [-0.2, -0.15) is 18.4 Å². The zero-order chi connectivity index (χ0) is 24.8. The highest BCUT2D eigenvalue weighted by Gasteiger charge is 2.47. The molecule has 5 nitrogen and oxygen atoms in total. The zero-order valence-corrected chi connectivity index (χ0v) is 19.0. The number of carboxylic acid groups (broad SMARTS) is 1. The Morgan fingerprint density at radius 1 is 1.21 bits per heavy atom. The van der Waals surface area contributed by atoms with Crippen molar-refractivity contribution < 1.29 is 36.9 Å². The van der Waals surface area contributed by atoms with E-state index in [9.17, 15) is 27.5 Å². The van der Waals surface area contributed by atoms with E-state index in [0.29, 0.717) is 16.2 Å². The molecule has 0 aliphatic heterocycles. The van der Waals surface area contributed by atoms with Gasteiger partial charge in [0.2, 0.25) is 0 Å². The standard InChI is InChI=1S/C23H23F4NO4S/c1-14-11-18(7-8-19(14)32-22(2,3)21(29)30)33-13-15(9-10-28)20(23(25,26)27)31-17-6-4-5-16(24)12-17/h4-8,11-12,15,20H,9,13H2,1-3H3,(H,29,30). The van der Waals surface area contributed by atoms with Crippen molar-refractivity contribution in [3.63, 3.8) is 0 Å². The van der Waals surface area contributed by atoms with E-state index in [2.05, 4.69) is 0 Å². The number of carboxylic acids is 1. The summed E-state index contributed by atoms with van der Waals surface area (Å²) in [5.74, 6) is -3.12. The number of aryl methyl sites for hydroxylation is 1. The maximum atomic E-state index is 13.7. The molecule has 2 rings (SSSR count). The maximum Gasteiger partial charge on any atom is 0.425 e. The quantitative estimate of drug-likeness (QED) is 0.328. The number of hydrogen-bond donors (Lipinski definition) is 1. The predicted octanol–water partition coefficient (Wildman–Crippen LogP) is 6.01. The van der Waals surface area contributed by atoms with Crippen molar-refractivity contribution in [2.24, 2.45) is 5.92 Å². The second-order valence-electron chi connectivity index (χ2n) is 7.82. The van der Waals surface area contributed by atoms with E-state index >= 15 is 0 Å². The molecule has 0 bridgehead atoms. The van der Waals surface area contributed by atoms with Gasteiger partial charge < -0.3 is 14.6 Å². The van der Waals surface area contributed by atoms with Gasteiger partial charge in [-0.1, -0.05) is 6.07 Å². The third-order valence-electron chi connectivity index (χ3n) is 4.65. The molecule has 2 aromatic carbocycles. The Balaban J connectivity index is 2.18. The monoisotopic (exact) mass is 485 g/mol. The van der Waals surface area contributed by atoms with Crippen LogP contribution in [0.3, 0.4) is 0 Å². The van der Waals surface area contributed by atoms with E-state index in [1.165, 1.54) is 26.0 Å². The highest BCUT2D eigenvalue weighted by atomic mass is 32.2. The Bertz CT molecular complexity index is 1020. The first-order chi connectivity index (χ1) is 15.3. The third kappa shape index (κ3) is 7.56. The number of nitriles is 1. The Labute approximate surface area is 193 Å². The zero-order valence-electron chi connectivity index (χ0n) is 18.1. The molecule has 2 atom stereocenters. The van der Waals surface area contributed by atoms with Crippen LogP contribution in [0.5, 0.6) is 11.5 Å². The number of benzene rings is 2. The molecule has 0 saturated heterocycles. The summed E-state index contributed by atoms with van der Waals surface area (Å²) < 4.78 is 65.2. The number of aliphatic carboxylic acids is 1. The number of hydrogen-bond acceptors (Lipinski definition) is 5. The number of ether oxygens (including phenoxy) is 2. The van der Waals surface area contributed by atoms with E-state index in [4.69, 9.17) is 14.7 Å². The minimum Gasteiger partial charge on any atom is -0.480 e. The Kier molecular flexibility index (Phi) is 8.61. The molecule has 0 aliphatic carbocycles. The first kappa shape index (κ1) is 26.3. The van der Waals surface area contributed by atoms with E-state index in [-0.39, 0.29) is 11.5 Å². The van der Waals surface area contributed by atoms with Gasteiger partial charge >= 0.3 is 12.1 Å². The second-order valence-corrected chi connectivity index (χ2v) is 8.91. The molecule has 10 heteroatoms. The fourth-order valence-corrected chi connectivity index (χ4v) is 3.96. The molecule has 33 heavy (non-hydrogen) atoms. The summed E-state index contributed by atoms with van der Waals surface area (Å²) in [4.78, 5) is 11.9. The predicted molar refractivity (Wildman–Crippen MR) is 115 cm³/mol. The molecule has 0 spiro atoms. The van der Waals surface area contributed by atoms with Crippen molar-refractivity contribution in [3.05, 3.63) is 53.8 Å². The number of halogens is 4. The van der Waals surface area contributed by atoms with Crippen LogP contribution >= 0.6 is 11.8 Å². The summed E-state index contributed by atoms with van der Waals surface area (Å²) in [6, 6.07) is 11.0. The molecule has 0 fully saturated rings. The van der Waals surface area contributed by atoms with Gasteiger partial charge in [0.25, 0.3) is 0 Å². The molecular weight excluding hydrogens is 462 g/mol. The average Bonchev–Trinajstić information content (AvgIpc) is 2.70. The number of nitrogens with zero attached hydrogens (tertiary/aromatic N) is 1. The fourth-order valence-electron chi connectivity index (χ4n) is 2.84. The normalized spacial score (nSPS) is 13.6. The Morgan fingerprint density at radius 2 is 1.91 bits per heavy atom. The summed E-state index contributed by atoms with van der Waals surface area (Å²) in [6.07, 6.45) is -7.49. The van der Waals surface area contributed by atoms with Crippen LogP contribution in [0.4, 0.5) is 17.6 Å². The van der Waals surface area contributed by atoms with Crippen LogP contribution in [0.2, 0.25) is 0 Å². The van der Waals surface area contributed by atoms with Crippen LogP contribution in [0.1, 0.15) is 25.8 Å². The Hall–Kier alpha value is -2.93. The highest BCUT2D eigenvalue weighted by molar-refractivity contribution is 7.99. The highest BCUT2D eigenvalue weighted by Crippen LogP contribution is 2.36. The van der Waals surface area contributed by atoms with Crippen LogP contribution in [0, 0.1) is 30.0 Å². The average molecular weight is 485 g/mol. The topological polar surface area (TPSA) is 79.5 Å². The van der Waals surface area contributed by atoms with Crippen LogP contribution < -0.4 is 9.47 Å². The van der Waals surface area contributed by atoms with E-state index in [1.54, 1.807) is 31.2 Å². The number of thioether (sulfide) groups is 1. The van der Waals surface area contributed by atoms with Crippen molar-refractivity contribution in [2.45, 2.75) is 50.0 Å². The number of alkyl halides is 3. The number of rotatable bonds is 10. The number of carbonyl (C=O) groups is 1. The lowest BCUT2D eigenvalue weighted by Crippen LogP contribution is -2.42. The van der Waals surface area contributed by atoms with E-state index in [0.717, 1.165) is 23.9 Å². The fraction of sp³-hybridized carbons (Fsp3) is 0.391. The van der Waals surface area contributed by atoms with Crippen LogP contribution in [-0.4, -0.2) is 34.7 Å². The van der Waals surface area contributed by atoms with Crippen LogP contribution in [-0.2, 0) is 4.79 Å². The largest absolute Gasteiger partial charge is 0.480 e. The molecule has 0 amide bonds. The summed E-state index contributed by atoms with van der Waals surface area (Å²) in [6.45, 7) is 4.50. The van der Waals surface area contributed by atoms with Gasteiger partial charge in [0.05, 0.1) is 6.07 Å². The lowest BCUT2D eigenvalue weighted by Gasteiger charge is -2.28. The van der Waals surface area contributed by atoms with Crippen molar-refractivity contribution >= 4 is 17.7 Å². The van der Waals surface area contributed by atoms with Crippen LogP contribution in [0.15, 0.2) is 47.4 Å². The SMILES string of the molecule is Cc1cc(SCC(CC#N)C(Oc2cccc(F)c2)C(F)(F)F)ccc1OC(C)(C)C(=O)O. The second kappa shape index (κ2) is 10.8. The van der Waals surface area contributed by atoms with E-state index < -0.39 is 42.0 Å². The molecule has 0 radical (unpaired) electrons. The van der Waals surface area contributed by atoms with Crippen molar-refractivity contribution in [1.29, 1.82) is 5.26 Å². The first-order valence-corrected chi connectivity index (χ1v) is 10.8. The molecule has 1 N–H and O–H groups in total. The summed E-state index contributed by atoms with van der Waals surface area (Å²) in [7, 11) is 0. The van der Waals surface area contributed by atoms with Gasteiger partial charge in [0.1, 0.15) is 17.3 Å². The van der Waals surface area contributed by atoms with Gasteiger partial charge in [-0.3, -0.25) is 0 Å². The van der Waals surface area contributed by atoms with Gasteiger partial charge in [-0.15, -0.1) is 11.8 Å². The van der Waals surface area contributed by atoms with Crippen molar-refractivity contribution in [1.82, 2.24) is 0 Å². The van der Waals surface area contributed by atoms with Gasteiger partial charge in [0.15, 0.2) is 11.7 Å². The molecule has 2 unspecified atom stereocenters. The lowest BCUT2D eigenvalue weighted by atomic mass is 10.0.